The van der Waals surface area contributed by atoms with Gasteiger partial charge in [0.1, 0.15) is 5.82 Å². The number of aromatic nitrogens is 3. The topological polar surface area (TPSA) is 51.0 Å². The van der Waals surface area contributed by atoms with Gasteiger partial charge in [0.2, 0.25) is 5.91 Å². The van der Waals surface area contributed by atoms with E-state index >= 15 is 0 Å². The molecule has 3 heterocycles. The van der Waals surface area contributed by atoms with Crippen LogP contribution in [0.5, 0.6) is 0 Å². The lowest BCUT2D eigenvalue weighted by atomic mass is 9.96. The number of amides is 1. The van der Waals surface area contributed by atoms with E-state index in [2.05, 4.69) is 14.5 Å². The second-order valence-corrected chi connectivity index (χ2v) is 6.69. The van der Waals surface area contributed by atoms with Crippen molar-refractivity contribution in [2.45, 2.75) is 25.3 Å². The normalized spacial score (nSPS) is 15.8. The summed E-state index contributed by atoms with van der Waals surface area (Å²) in [5, 5.41) is 0. The molecule has 2 aromatic heterocycles. The van der Waals surface area contributed by atoms with E-state index in [9.17, 15) is 4.79 Å². The summed E-state index contributed by atoms with van der Waals surface area (Å²) < 4.78 is 2.19. The highest BCUT2D eigenvalue weighted by atomic mass is 32.2. The molecule has 0 aliphatic carbocycles. The van der Waals surface area contributed by atoms with Gasteiger partial charge in [-0.1, -0.05) is 6.07 Å². The van der Waals surface area contributed by atoms with Gasteiger partial charge in [-0.3, -0.25) is 9.78 Å². The molecule has 23 heavy (non-hydrogen) atoms. The van der Waals surface area contributed by atoms with E-state index in [1.54, 1.807) is 11.8 Å². The number of rotatable bonds is 5. The Kier molecular flexibility index (Phi) is 5.33. The van der Waals surface area contributed by atoms with Crippen LogP contribution in [0.25, 0.3) is 0 Å². The number of nitrogens with zero attached hydrogens (tertiary/aromatic N) is 4. The van der Waals surface area contributed by atoms with E-state index in [0.717, 1.165) is 44.0 Å². The number of piperidine rings is 1. The van der Waals surface area contributed by atoms with Gasteiger partial charge in [0, 0.05) is 37.6 Å². The van der Waals surface area contributed by atoms with Gasteiger partial charge in [-0.05, 0) is 31.2 Å². The first-order chi connectivity index (χ1) is 11.3. The van der Waals surface area contributed by atoms with Crippen LogP contribution in [0, 0.1) is 0 Å². The molecule has 0 unspecified atom stereocenters. The minimum Gasteiger partial charge on any atom is -0.342 e. The van der Waals surface area contributed by atoms with Crippen LogP contribution in [-0.2, 0) is 11.3 Å². The van der Waals surface area contributed by atoms with Crippen LogP contribution in [-0.4, -0.2) is 50.4 Å². The van der Waals surface area contributed by atoms with E-state index in [0.29, 0.717) is 11.7 Å². The van der Waals surface area contributed by atoms with Crippen LogP contribution in [0.2, 0.25) is 0 Å². The molecule has 1 aliphatic rings. The third-order valence-corrected chi connectivity index (χ3v) is 4.82. The minimum absolute atomic E-state index is 0.257. The Balaban J connectivity index is 1.63. The lowest BCUT2D eigenvalue weighted by Crippen LogP contribution is -2.39. The molecule has 1 saturated heterocycles. The van der Waals surface area contributed by atoms with Crippen molar-refractivity contribution in [3.8, 4) is 0 Å². The summed E-state index contributed by atoms with van der Waals surface area (Å²) >= 11 is 1.59. The summed E-state index contributed by atoms with van der Waals surface area (Å²) in [7, 11) is 0. The van der Waals surface area contributed by atoms with Crippen molar-refractivity contribution in [1.29, 1.82) is 0 Å². The molecule has 0 aromatic carbocycles. The Morgan fingerprint density at radius 3 is 2.78 bits per heavy atom. The number of carbonyl (C=O) groups is 1. The summed E-state index contributed by atoms with van der Waals surface area (Å²) in [6.07, 6.45) is 9.65. The van der Waals surface area contributed by atoms with E-state index in [1.807, 2.05) is 47.9 Å². The number of hydrogen-bond acceptors (Lipinski definition) is 4. The van der Waals surface area contributed by atoms with E-state index in [4.69, 9.17) is 0 Å². The Labute approximate surface area is 141 Å². The number of imidazole rings is 1. The van der Waals surface area contributed by atoms with Crippen molar-refractivity contribution in [2.24, 2.45) is 0 Å². The highest BCUT2D eigenvalue weighted by Crippen LogP contribution is 2.27. The standard InChI is InChI=1S/C17H22N4OS/c1-23-13-16(22)20-9-5-14(6-10-20)17-19-8-11-21(17)12-15-4-2-3-7-18-15/h2-4,7-8,11,14H,5-6,9-10,12-13H2,1H3. The maximum absolute atomic E-state index is 12.0. The summed E-state index contributed by atoms with van der Waals surface area (Å²) in [5.74, 6) is 2.38. The Hall–Kier alpha value is -1.82. The Morgan fingerprint density at radius 1 is 1.26 bits per heavy atom. The summed E-state index contributed by atoms with van der Waals surface area (Å²) in [6, 6.07) is 5.97. The number of likely N-dealkylation sites (tertiary alicyclic amines) is 1. The van der Waals surface area contributed by atoms with Crippen LogP contribution in [0.3, 0.4) is 0 Å². The molecule has 122 valence electrons. The second-order valence-electron chi connectivity index (χ2n) is 5.82. The molecule has 5 nitrogen and oxygen atoms in total. The maximum Gasteiger partial charge on any atom is 0.232 e. The van der Waals surface area contributed by atoms with Gasteiger partial charge in [-0.2, -0.15) is 11.8 Å². The fourth-order valence-corrected chi connectivity index (χ4v) is 3.51. The average Bonchev–Trinajstić information content (AvgIpc) is 3.04. The van der Waals surface area contributed by atoms with Crippen molar-refractivity contribution in [3.05, 3.63) is 48.3 Å². The fraction of sp³-hybridized carbons (Fsp3) is 0.471. The van der Waals surface area contributed by atoms with Gasteiger partial charge >= 0.3 is 0 Å². The van der Waals surface area contributed by atoms with Crippen LogP contribution < -0.4 is 0 Å². The molecular formula is C17H22N4OS. The predicted molar refractivity (Wildman–Crippen MR) is 92.5 cm³/mol. The second kappa shape index (κ2) is 7.64. The minimum atomic E-state index is 0.257. The summed E-state index contributed by atoms with van der Waals surface area (Å²) in [5.41, 5.74) is 1.04. The van der Waals surface area contributed by atoms with Gasteiger partial charge in [-0.15, -0.1) is 0 Å². The Bertz CT molecular complexity index is 635. The van der Waals surface area contributed by atoms with Gasteiger partial charge in [0.25, 0.3) is 0 Å². The molecule has 1 fully saturated rings. The van der Waals surface area contributed by atoms with Crippen molar-refractivity contribution >= 4 is 17.7 Å². The van der Waals surface area contributed by atoms with Gasteiger partial charge in [0.15, 0.2) is 0 Å². The largest absolute Gasteiger partial charge is 0.342 e. The average molecular weight is 330 g/mol. The van der Waals surface area contributed by atoms with E-state index in [1.165, 1.54) is 0 Å². The van der Waals surface area contributed by atoms with Gasteiger partial charge < -0.3 is 9.47 Å². The van der Waals surface area contributed by atoms with Crippen molar-refractivity contribution in [1.82, 2.24) is 19.4 Å². The number of carbonyl (C=O) groups excluding carboxylic acids is 1. The molecule has 1 aliphatic heterocycles. The predicted octanol–water partition coefficient (Wildman–Crippen LogP) is 2.40. The van der Waals surface area contributed by atoms with Crippen molar-refractivity contribution in [2.75, 3.05) is 25.1 Å². The van der Waals surface area contributed by atoms with E-state index in [-0.39, 0.29) is 5.91 Å². The summed E-state index contributed by atoms with van der Waals surface area (Å²) in [6.45, 7) is 2.42. The highest BCUT2D eigenvalue weighted by Gasteiger charge is 2.26. The molecule has 0 N–H and O–H groups in total. The highest BCUT2D eigenvalue weighted by molar-refractivity contribution is 7.99. The fourth-order valence-electron chi connectivity index (χ4n) is 3.08. The smallest absolute Gasteiger partial charge is 0.232 e. The zero-order valence-corrected chi connectivity index (χ0v) is 14.2. The molecule has 0 bridgehead atoms. The first kappa shape index (κ1) is 16.1. The first-order valence-electron chi connectivity index (χ1n) is 7.95. The molecule has 6 heteroatoms. The molecular weight excluding hydrogens is 308 g/mol. The van der Waals surface area contributed by atoms with Crippen molar-refractivity contribution in [3.63, 3.8) is 0 Å². The maximum atomic E-state index is 12.0. The summed E-state index contributed by atoms with van der Waals surface area (Å²) in [4.78, 5) is 22.9. The number of hydrogen-bond donors (Lipinski definition) is 0. The molecule has 0 atom stereocenters. The number of thioether (sulfide) groups is 1. The molecule has 3 rings (SSSR count). The van der Waals surface area contributed by atoms with Crippen LogP contribution >= 0.6 is 11.8 Å². The lowest BCUT2D eigenvalue weighted by Gasteiger charge is -2.31. The van der Waals surface area contributed by atoms with Crippen LogP contribution in [0.15, 0.2) is 36.8 Å². The molecule has 0 spiro atoms. The van der Waals surface area contributed by atoms with Gasteiger partial charge in [0.05, 0.1) is 18.0 Å². The van der Waals surface area contributed by atoms with E-state index < -0.39 is 0 Å². The van der Waals surface area contributed by atoms with Crippen LogP contribution in [0.4, 0.5) is 0 Å². The monoisotopic (exact) mass is 330 g/mol. The molecule has 0 radical (unpaired) electrons. The zero-order chi connectivity index (χ0) is 16.1. The first-order valence-corrected chi connectivity index (χ1v) is 9.35. The molecule has 0 saturated carbocycles. The SMILES string of the molecule is CSCC(=O)N1CCC(c2nccn2Cc2ccccn2)CC1. The third kappa shape index (κ3) is 3.93. The molecule has 1 amide bonds. The van der Waals surface area contributed by atoms with Gasteiger partial charge in [-0.25, -0.2) is 4.98 Å². The zero-order valence-electron chi connectivity index (χ0n) is 13.4. The Morgan fingerprint density at radius 2 is 2.09 bits per heavy atom. The molecule has 2 aromatic rings. The third-order valence-electron chi connectivity index (χ3n) is 4.29. The van der Waals surface area contributed by atoms with Crippen LogP contribution in [0.1, 0.15) is 30.3 Å². The van der Waals surface area contributed by atoms with Crippen molar-refractivity contribution < 1.29 is 4.79 Å². The number of pyridine rings is 1. The quantitative estimate of drug-likeness (QED) is 0.845. The lowest BCUT2D eigenvalue weighted by molar-refractivity contribution is -0.129.